The van der Waals surface area contributed by atoms with Crippen molar-refractivity contribution in [1.82, 2.24) is 39.9 Å². The van der Waals surface area contributed by atoms with Crippen molar-refractivity contribution < 1.29 is 72.9 Å². The normalized spacial score (nSPS) is 12.0. The predicted molar refractivity (Wildman–Crippen MR) is 330 cm³/mol. The Balaban J connectivity index is 0.000000398. The second kappa shape index (κ2) is 24.9. The Hall–Kier alpha value is -3.81. The van der Waals surface area contributed by atoms with E-state index < -0.39 is 18.4 Å². The molecule has 2 aliphatic rings. The topological polar surface area (TPSA) is 203 Å². The molecule has 5 heterocycles. The molecule has 0 fully saturated rings. The van der Waals surface area contributed by atoms with Gasteiger partial charge in [0.1, 0.15) is 0 Å². The summed E-state index contributed by atoms with van der Waals surface area (Å²) in [6.45, 7) is 3.77. The van der Waals surface area contributed by atoms with Crippen LogP contribution in [-0.2, 0) is 30.5 Å². The maximum Gasteiger partial charge on any atom is 2.00 e. The van der Waals surface area contributed by atoms with Gasteiger partial charge in [0.15, 0.2) is 8.32 Å². The summed E-state index contributed by atoms with van der Waals surface area (Å²) in [5, 5.41) is 16.9. The van der Waals surface area contributed by atoms with E-state index in [9.17, 15) is 17.8 Å². The molecule has 11 aromatic rings. The van der Waals surface area contributed by atoms with Gasteiger partial charge >= 0.3 is 50.0 Å². The zero-order valence-electron chi connectivity index (χ0n) is 43.4. The zero-order valence-corrected chi connectivity index (χ0v) is 54.8. The van der Waals surface area contributed by atoms with E-state index >= 15 is 0 Å². The van der Waals surface area contributed by atoms with Crippen LogP contribution < -0.4 is 39.5 Å². The molecule has 8 bridgehead atoms. The number of nitrogens with zero attached hydrogens (tertiary/aromatic N) is 8. The summed E-state index contributed by atoms with van der Waals surface area (Å²) in [4.78, 5) is 50.2. The number of fused-ring (bicyclic) bond motifs is 24. The minimum absolute atomic E-state index is 0. The van der Waals surface area contributed by atoms with Crippen LogP contribution in [0.3, 0.4) is 0 Å². The van der Waals surface area contributed by atoms with E-state index in [0.29, 0.717) is 133 Å². The van der Waals surface area contributed by atoms with Crippen LogP contribution in [0, 0.1) is 0 Å². The largest absolute Gasteiger partial charge is 2.00 e. The van der Waals surface area contributed by atoms with Gasteiger partial charge in [0.25, 0.3) is 0 Å². The zero-order chi connectivity index (χ0) is 56.7. The number of rotatable bonds is 7. The summed E-state index contributed by atoms with van der Waals surface area (Å²) in [5.74, 6) is 0.356. The smallest absolute Gasteiger partial charge is 0.748 e. The monoisotopic (exact) mass is 1380 g/mol. The Kier molecular flexibility index (Phi) is 19.0. The number of hydrogen-bond acceptors (Lipinski definition) is 11. The molecule has 2 aliphatic heterocycles. The van der Waals surface area contributed by atoms with Crippen LogP contribution in [0.4, 0.5) is 0 Å². The number of hydrogen-bond donors (Lipinski definition) is 2. The standard InChI is InChI=1S/C48H16Cl8N8.C8H20O4SSi.CH4O.Na.Pd/c49-33-17-9-1-2-10-18(17)34(50)26-25(33)41-57-42(26)62-44-29-30(38(54)22-14-6-5-13-21(22)37(29)53)46(59-44)64-48-32-31(39(55)23-15-7-8-16-24(23)40(32)56)47(60-48)63-45-28-27(43(58-45)61-41)35(51)19-11-3-4-12-20(19)36(28)52;1-14(2,12)8-6-4-3-5-7-13(9,10)11;1-2;;/h1-16H;12H,3-8H2,1-2H3,(H,9,10,11);2H,1H3;;/q-2;;;+1;+2/p-1. The average molecular weight is 1390 g/mol. The Morgan fingerprint density at radius 1 is 0.427 bits per heavy atom. The molecule has 25 heteroatoms. The van der Waals surface area contributed by atoms with Gasteiger partial charge < -0.3 is 44.4 Å². The van der Waals surface area contributed by atoms with Gasteiger partial charge in [-0.2, -0.15) is 0 Å². The van der Waals surface area contributed by atoms with Crippen molar-refractivity contribution in [2.24, 2.45) is 0 Å². The first-order valence-electron chi connectivity index (χ1n) is 24.7. The average Bonchev–Trinajstić information content (AvgIpc) is 4.35. The van der Waals surface area contributed by atoms with Crippen molar-refractivity contribution in [2.45, 2.75) is 44.8 Å². The third kappa shape index (κ3) is 11.3. The number of unbranched alkanes of at least 4 members (excludes halogenated alkanes) is 3. The second-order valence-corrected chi connectivity index (χ2v) is 28.1. The predicted octanol–water partition coefficient (Wildman–Crippen LogP) is 13.9. The first kappa shape index (κ1) is 62.7. The summed E-state index contributed by atoms with van der Waals surface area (Å²) in [6, 6.07) is 30.8. The molecular weight excluding hydrogens is 1350 g/mol. The number of aliphatic hydroxyl groups excluding tert-OH is 1. The van der Waals surface area contributed by atoms with Crippen LogP contribution in [0.25, 0.3) is 133 Å². The Morgan fingerprint density at radius 3 is 0.890 bits per heavy atom. The van der Waals surface area contributed by atoms with Crippen molar-refractivity contribution in [3.8, 4) is 45.6 Å². The summed E-state index contributed by atoms with van der Waals surface area (Å²) in [6.07, 6.45) is 3.02. The molecule has 0 unspecified atom stereocenters. The molecule has 3 aromatic heterocycles. The van der Waals surface area contributed by atoms with Gasteiger partial charge in [-0.15, -0.1) is 0 Å². The first-order chi connectivity index (χ1) is 38.3. The van der Waals surface area contributed by atoms with E-state index in [1.165, 1.54) is 0 Å². The molecule has 0 atom stereocenters. The number of aliphatic hydroxyl groups is 1. The van der Waals surface area contributed by atoms with Gasteiger partial charge in [-0.05, 0) is 25.6 Å². The van der Waals surface area contributed by atoms with E-state index in [0.717, 1.165) is 32.4 Å². The van der Waals surface area contributed by atoms with E-state index in [1.807, 2.05) is 110 Å². The number of halogens is 8. The molecular formula is C57H39Cl8N8NaO5PdSSi. The molecule has 0 saturated heterocycles. The van der Waals surface area contributed by atoms with Crippen molar-refractivity contribution in [3.05, 3.63) is 137 Å². The van der Waals surface area contributed by atoms with Gasteiger partial charge in [0.05, 0.1) is 73.6 Å². The van der Waals surface area contributed by atoms with Crippen molar-refractivity contribution in [2.75, 3.05) is 12.9 Å². The molecule has 0 radical (unpaired) electrons. The second-order valence-electron chi connectivity index (χ2n) is 19.4. The summed E-state index contributed by atoms with van der Waals surface area (Å²) in [7, 11) is -4.96. The maximum absolute atomic E-state index is 10.2. The summed E-state index contributed by atoms with van der Waals surface area (Å²) < 4.78 is 30.7. The molecule has 13 nitrogen and oxygen atoms in total. The Morgan fingerprint density at radius 2 is 0.659 bits per heavy atom. The van der Waals surface area contributed by atoms with Crippen LogP contribution in [0.15, 0.2) is 97.1 Å². The van der Waals surface area contributed by atoms with E-state index in [2.05, 4.69) is 0 Å². The third-order valence-corrected chi connectivity index (χ3v) is 19.3. The molecule has 8 aromatic carbocycles. The van der Waals surface area contributed by atoms with Crippen LogP contribution in [-0.4, -0.2) is 74.0 Å². The van der Waals surface area contributed by atoms with Crippen LogP contribution in [0.2, 0.25) is 59.3 Å². The van der Waals surface area contributed by atoms with Crippen molar-refractivity contribution in [1.29, 1.82) is 0 Å². The molecule has 0 aliphatic carbocycles. The summed E-state index contributed by atoms with van der Waals surface area (Å²) in [5.41, 5.74) is 2.29. The van der Waals surface area contributed by atoms with Crippen LogP contribution in [0.1, 0.15) is 25.7 Å². The van der Waals surface area contributed by atoms with E-state index in [-0.39, 0.29) is 102 Å². The maximum atomic E-state index is 10.2. The number of benzene rings is 8. The molecule has 2 N–H and O–H groups in total. The third-order valence-electron chi connectivity index (χ3n) is 13.8. The molecule has 0 saturated carbocycles. The fourth-order valence-corrected chi connectivity index (χ4v) is 14.6. The fraction of sp³-hybridized carbons (Fsp3) is 0.158. The van der Waals surface area contributed by atoms with Gasteiger partial charge in [-0.1, -0.05) is 209 Å². The van der Waals surface area contributed by atoms with Crippen LogP contribution in [0.5, 0.6) is 0 Å². The van der Waals surface area contributed by atoms with Gasteiger partial charge in [-0.3, -0.25) is 0 Å². The van der Waals surface area contributed by atoms with Crippen molar-refractivity contribution >= 4 is 198 Å². The summed E-state index contributed by atoms with van der Waals surface area (Å²) >= 11 is 58.8. The molecule has 13 rings (SSSR count). The molecule has 0 amide bonds. The first-order valence-corrected chi connectivity index (χ1v) is 32.5. The number of aromatic nitrogens is 8. The van der Waals surface area contributed by atoms with E-state index in [1.54, 1.807) is 0 Å². The molecule has 82 heavy (non-hydrogen) atoms. The Labute approximate surface area is 545 Å². The van der Waals surface area contributed by atoms with Gasteiger partial charge in [0.2, 0.25) is 0 Å². The Bertz CT molecular complexity index is 4220. The fourth-order valence-electron chi connectivity index (χ4n) is 10.2. The minimum atomic E-state index is -4.03. The quantitative estimate of drug-likeness (QED) is 0.0867. The molecule has 414 valence electrons. The minimum Gasteiger partial charge on any atom is -0.748 e. The van der Waals surface area contributed by atoms with Gasteiger partial charge in [-0.25, -0.2) is 18.4 Å². The van der Waals surface area contributed by atoms with Crippen molar-refractivity contribution in [3.63, 3.8) is 0 Å². The SMILES string of the molecule is CO.C[Si](C)(O)CCCCCCS(=O)(=O)[O-].Clc1c2c(c(Cl)c3ccccc13)-c1nc-2nc2[n-]c(nc3nc(nc4[n-]c(n1)c1c(Cl)c5ccccc5c(Cl)c41)-c1c-3c(Cl)c3ccccc3c1Cl)c1c(Cl)c3ccccc3c(Cl)c21.[Na+].[Pd+2]. The van der Waals surface area contributed by atoms with Crippen LogP contribution >= 0.6 is 92.8 Å². The molecule has 0 spiro atoms. The van der Waals surface area contributed by atoms with Gasteiger partial charge in [0, 0.05) is 122 Å². The van der Waals surface area contributed by atoms with E-state index in [4.69, 9.17) is 138 Å².